The van der Waals surface area contributed by atoms with Crippen molar-refractivity contribution in [1.82, 2.24) is 0 Å². The number of aryl methyl sites for hydroxylation is 1. The monoisotopic (exact) mass is 308 g/mol. The van der Waals surface area contributed by atoms with Crippen LogP contribution in [0.1, 0.15) is 24.1 Å². The second kappa shape index (κ2) is 5.83. The lowest BCUT2D eigenvalue weighted by molar-refractivity contribution is 0.598. The van der Waals surface area contributed by atoms with Gasteiger partial charge in [-0.3, -0.25) is 0 Å². The summed E-state index contributed by atoms with van der Waals surface area (Å²) < 4.78 is 36.2. The van der Waals surface area contributed by atoms with Gasteiger partial charge in [-0.2, -0.15) is 0 Å². The van der Waals surface area contributed by atoms with E-state index in [1.165, 1.54) is 18.2 Å². The van der Waals surface area contributed by atoms with E-state index >= 15 is 0 Å². The van der Waals surface area contributed by atoms with E-state index in [4.69, 9.17) is 5.14 Å². The largest absolute Gasteiger partial charge is 0.378 e. The normalized spacial score (nSPS) is 13.0. The number of nitrogens with one attached hydrogen (secondary N) is 1. The van der Waals surface area contributed by atoms with Gasteiger partial charge in [0.2, 0.25) is 10.0 Å². The minimum atomic E-state index is -3.74. The van der Waals surface area contributed by atoms with E-state index in [-0.39, 0.29) is 16.8 Å². The quantitative estimate of drug-likeness (QED) is 0.912. The van der Waals surface area contributed by atoms with Gasteiger partial charge in [0, 0.05) is 11.7 Å². The third-order valence-corrected chi connectivity index (χ3v) is 4.15. The van der Waals surface area contributed by atoms with Gasteiger partial charge in [-0.05, 0) is 49.2 Å². The summed E-state index contributed by atoms with van der Waals surface area (Å²) in [6, 6.07) is 11.1. The minimum Gasteiger partial charge on any atom is -0.378 e. The fourth-order valence-corrected chi connectivity index (χ4v) is 2.53. The van der Waals surface area contributed by atoms with E-state index in [1.54, 1.807) is 25.1 Å². The van der Waals surface area contributed by atoms with Crippen molar-refractivity contribution in [2.24, 2.45) is 5.14 Å². The van der Waals surface area contributed by atoms with Crippen LogP contribution < -0.4 is 10.5 Å². The first-order chi connectivity index (χ1) is 9.77. The van der Waals surface area contributed by atoms with E-state index in [0.717, 1.165) is 5.56 Å². The zero-order valence-electron chi connectivity index (χ0n) is 11.8. The van der Waals surface area contributed by atoms with Gasteiger partial charge in [0.1, 0.15) is 5.82 Å². The van der Waals surface area contributed by atoms with E-state index < -0.39 is 10.0 Å². The van der Waals surface area contributed by atoms with Crippen LogP contribution in [0.25, 0.3) is 0 Å². The van der Waals surface area contributed by atoms with Crippen molar-refractivity contribution in [2.75, 3.05) is 5.32 Å². The lowest BCUT2D eigenvalue weighted by Crippen LogP contribution is -2.13. The first-order valence-corrected chi connectivity index (χ1v) is 7.97. The maximum absolute atomic E-state index is 13.6. The van der Waals surface area contributed by atoms with E-state index in [1.807, 2.05) is 13.0 Å². The Morgan fingerprint density at radius 2 is 1.90 bits per heavy atom. The highest BCUT2D eigenvalue weighted by atomic mass is 32.2. The smallest absolute Gasteiger partial charge is 0.238 e. The highest BCUT2D eigenvalue weighted by Gasteiger charge is 2.11. The number of hydrogen-bond donors (Lipinski definition) is 2. The molecule has 0 radical (unpaired) electrons. The van der Waals surface area contributed by atoms with E-state index in [9.17, 15) is 12.8 Å². The zero-order valence-corrected chi connectivity index (χ0v) is 12.6. The average Bonchev–Trinajstić information content (AvgIpc) is 2.41. The summed E-state index contributed by atoms with van der Waals surface area (Å²) in [6.45, 7) is 3.57. The lowest BCUT2D eigenvalue weighted by Gasteiger charge is -2.16. The SMILES string of the molecule is Cc1ccc(C(C)Nc2cccc(S(N)(=O)=O)c2)cc1F. The molecule has 0 bridgehead atoms. The topological polar surface area (TPSA) is 72.2 Å². The Morgan fingerprint density at radius 3 is 2.52 bits per heavy atom. The Kier molecular flexibility index (Phi) is 4.29. The number of primary sulfonamides is 1. The van der Waals surface area contributed by atoms with Crippen LogP contribution in [-0.2, 0) is 10.0 Å². The highest BCUT2D eigenvalue weighted by Crippen LogP contribution is 2.22. The molecule has 6 heteroatoms. The average molecular weight is 308 g/mol. The maximum atomic E-state index is 13.6. The van der Waals surface area contributed by atoms with Crippen LogP contribution in [0.4, 0.5) is 10.1 Å². The highest BCUT2D eigenvalue weighted by molar-refractivity contribution is 7.89. The Hall–Kier alpha value is -1.92. The molecular formula is C15H17FN2O2S. The van der Waals surface area contributed by atoms with Gasteiger partial charge in [0.05, 0.1) is 4.90 Å². The molecule has 112 valence electrons. The summed E-state index contributed by atoms with van der Waals surface area (Å²) in [6.07, 6.45) is 0. The van der Waals surface area contributed by atoms with Crippen molar-refractivity contribution in [2.45, 2.75) is 24.8 Å². The summed E-state index contributed by atoms with van der Waals surface area (Å²) in [5, 5.41) is 8.23. The number of anilines is 1. The van der Waals surface area contributed by atoms with Crippen molar-refractivity contribution < 1.29 is 12.8 Å². The molecule has 3 N–H and O–H groups in total. The molecule has 1 atom stereocenters. The number of hydrogen-bond acceptors (Lipinski definition) is 3. The Balaban J connectivity index is 2.23. The molecule has 21 heavy (non-hydrogen) atoms. The lowest BCUT2D eigenvalue weighted by atomic mass is 10.1. The molecule has 0 saturated heterocycles. The van der Waals surface area contributed by atoms with Gasteiger partial charge in [-0.15, -0.1) is 0 Å². The molecule has 0 aromatic heterocycles. The molecule has 4 nitrogen and oxygen atoms in total. The summed E-state index contributed by atoms with van der Waals surface area (Å²) >= 11 is 0. The number of sulfonamides is 1. The molecule has 0 aliphatic heterocycles. The number of benzene rings is 2. The molecule has 0 saturated carbocycles. The van der Waals surface area contributed by atoms with Crippen LogP contribution in [-0.4, -0.2) is 8.42 Å². The number of rotatable bonds is 4. The fraction of sp³-hybridized carbons (Fsp3) is 0.200. The van der Waals surface area contributed by atoms with Crippen LogP contribution in [0.2, 0.25) is 0 Å². The van der Waals surface area contributed by atoms with Crippen LogP contribution >= 0.6 is 0 Å². The Labute approximate surface area is 123 Å². The van der Waals surface area contributed by atoms with Gasteiger partial charge >= 0.3 is 0 Å². The molecule has 0 fully saturated rings. The van der Waals surface area contributed by atoms with Crippen molar-refractivity contribution in [3.05, 3.63) is 59.4 Å². The first-order valence-electron chi connectivity index (χ1n) is 6.43. The van der Waals surface area contributed by atoms with Gasteiger partial charge in [0.15, 0.2) is 0 Å². The predicted molar refractivity (Wildman–Crippen MR) is 81.0 cm³/mol. The van der Waals surface area contributed by atoms with E-state index in [0.29, 0.717) is 11.3 Å². The van der Waals surface area contributed by atoms with Crippen LogP contribution in [0, 0.1) is 12.7 Å². The second-order valence-electron chi connectivity index (χ2n) is 4.95. The van der Waals surface area contributed by atoms with Crippen LogP contribution in [0.15, 0.2) is 47.4 Å². The molecule has 0 aliphatic rings. The molecular weight excluding hydrogens is 291 g/mol. The summed E-state index contributed by atoms with van der Waals surface area (Å²) in [4.78, 5) is 0.0368. The van der Waals surface area contributed by atoms with Crippen molar-refractivity contribution in [3.63, 3.8) is 0 Å². The van der Waals surface area contributed by atoms with Crippen LogP contribution in [0.3, 0.4) is 0 Å². The standard InChI is InChI=1S/C15H17FN2O2S/c1-10-6-7-12(8-15(10)16)11(2)18-13-4-3-5-14(9-13)21(17,19)20/h3-9,11,18H,1-2H3,(H2,17,19,20). The van der Waals surface area contributed by atoms with Gasteiger partial charge in [0.25, 0.3) is 0 Å². The van der Waals surface area contributed by atoms with Crippen molar-refractivity contribution in [1.29, 1.82) is 0 Å². The van der Waals surface area contributed by atoms with Gasteiger partial charge in [-0.25, -0.2) is 17.9 Å². The summed E-state index contributed by atoms with van der Waals surface area (Å²) in [5.41, 5.74) is 1.97. The third kappa shape index (κ3) is 3.80. The zero-order chi connectivity index (χ0) is 15.6. The molecule has 0 aliphatic carbocycles. The molecule has 1 unspecified atom stereocenters. The summed E-state index contributed by atoms with van der Waals surface area (Å²) in [5.74, 6) is -0.264. The fourth-order valence-electron chi connectivity index (χ4n) is 1.97. The van der Waals surface area contributed by atoms with Crippen molar-refractivity contribution in [3.8, 4) is 0 Å². The molecule has 0 heterocycles. The first kappa shape index (κ1) is 15.5. The van der Waals surface area contributed by atoms with Crippen molar-refractivity contribution >= 4 is 15.7 Å². The summed E-state index contributed by atoms with van der Waals surface area (Å²) in [7, 11) is -3.74. The second-order valence-corrected chi connectivity index (χ2v) is 6.51. The van der Waals surface area contributed by atoms with Gasteiger partial charge in [-0.1, -0.05) is 18.2 Å². The molecule has 2 aromatic rings. The number of nitrogens with two attached hydrogens (primary N) is 1. The predicted octanol–water partition coefficient (Wildman–Crippen LogP) is 2.95. The molecule has 2 rings (SSSR count). The maximum Gasteiger partial charge on any atom is 0.238 e. The Bertz CT molecular complexity index is 760. The molecule has 0 amide bonds. The third-order valence-electron chi connectivity index (χ3n) is 3.24. The number of halogens is 1. The minimum absolute atomic E-state index is 0.0368. The Morgan fingerprint density at radius 1 is 1.19 bits per heavy atom. The molecule has 2 aromatic carbocycles. The van der Waals surface area contributed by atoms with Crippen LogP contribution in [0.5, 0.6) is 0 Å². The van der Waals surface area contributed by atoms with Gasteiger partial charge < -0.3 is 5.32 Å². The molecule has 0 spiro atoms. The van der Waals surface area contributed by atoms with E-state index in [2.05, 4.69) is 5.32 Å².